The zero-order valence-corrected chi connectivity index (χ0v) is 20.6. The molecule has 0 saturated carbocycles. The molecule has 0 aliphatic carbocycles. The third kappa shape index (κ3) is 5.99. The van der Waals surface area contributed by atoms with E-state index < -0.39 is 23.9 Å². The van der Waals surface area contributed by atoms with Gasteiger partial charge in [-0.1, -0.05) is 0 Å². The van der Waals surface area contributed by atoms with Gasteiger partial charge in [-0.3, -0.25) is 9.59 Å². The number of piperidine rings is 1. The number of aryl methyl sites for hydroxylation is 1. The molecule has 1 aliphatic rings. The van der Waals surface area contributed by atoms with Gasteiger partial charge in [0.25, 0.3) is 5.91 Å². The number of likely N-dealkylation sites (tertiary alicyclic amines) is 1. The van der Waals surface area contributed by atoms with Crippen molar-refractivity contribution < 1.29 is 27.5 Å². The monoisotopic (exact) mass is 519 g/mol. The number of nitrogens with one attached hydrogen (secondary N) is 1. The fourth-order valence-corrected chi connectivity index (χ4v) is 4.50. The van der Waals surface area contributed by atoms with Gasteiger partial charge in [0.2, 0.25) is 11.7 Å². The van der Waals surface area contributed by atoms with E-state index in [1.54, 1.807) is 43.3 Å². The highest BCUT2D eigenvalue weighted by Gasteiger charge is 2.34. The summed E-state index contributed by atoms with van der Waals surface area (Å²) >= 11 is 1.47. The van der Waals surface area contributed by atoms with Crippen molar-refractivity contribution in [1.29, 1.82) is 0 Å². The highest BCUT2D eigenvalue weighted by molar-refractivity contribution is 7.14. The number of carbonyl (C=O) groups is 2. The second kappa shape index (κ2) is 10.2. The van der Waals surface area contributed by atoms with E-state index in [-0.39, 0.29) is 12.0 Å². The Balaban J connectivity index is 1.56. The average Bonchev–Trinajstić information content (AvgIpc) is 3.27. The Morgan fingerprint density at radius 2 is 1.92 bits per heavy atom. The molecule has 0 bridgehead atoms. The van der Waals surface area contributed by atoms with Gasteiger partial charge in [-0.25, -0.2) is 15.0 Å². The van der Waals surface area contributed by atoms with Crippen molar-refractivity contribution in [1.82, 2.24) is 25.2 Å². The van der Waals surface area contributed by atoms with E-state index in [1.807, 2.05) is 6.92 Å². The van der Waals surface area contributed by atoms with Crippen LogP contribution >= 0.6 is 11.3 Å². The molecular formula is C24H24F3N5O3S. The molecular weight excluding hydrogens is 495 g/mol. The minimum Gasteiger partial charge on any atom is -0.489 e. The SMILES string of the molecule is Cc1cnc(-c2cc(OC3CCC(=O)N(C)C3)cc(C(=O)N[C@@H](C)c3cnc(C(F)(F)F)nc3)c2)s1. The van der Waals surface area contributed by atoms with E-state index in [9.17, 15) is 22.8 Å². The normalized spacial score (nSPS) is 17.1. The van der Waals surface area contributed by atoms with Crippen molar-refractivity contribution in [2.75, 3.05) is 13.6 Å². The van der Waals surface area contributed by atoms with Crippen LogP contribution in [0.4, 0.5) is 13.2 Å². The number of nitrogens with zero attached hydrogens (tertiary/aromatic N) is 4. The van der Waals surface area contributed by atoms with Crippen LogP contribution in [0.25, 0.3) is 10.6 Å². The summed E-state index contributed by atoms with van der Waals surface area (Å²) in [7, 11) is 1.72. The van der Waals surface area contributed by atoms with Crippen LogP contribution in [0.3, 0.4) is 0 Å². The molecule has 1 N–H and O–H groups in total. The lowest BCUT2D eigenvalue weighted by Crippen LogP contribution is -2.42. The number of carbonyl (C=O) groups excluding carboxylic acids is 2. The molecule has 2 aromatic heterocycles. The van der Waals surface area contributed by atoms with Gasteiger partial charge in [0.05, 0.1) is 12.6 Å². The standard InChI is InChI=1S/C24H24F3N5O3S/c1-13-9-28-22(36-13)16-6-15(7-19(8-16)35-18-4-5-20(33)32(3)12-18)21(34)31-14(2)17-10-29-23(30-11-17)24(25,26)27/h6-11,14,18H,4-5,12H2,1-3H3,(H,31,34)/t14-,18?/m0/s1. The molecule has 0 spiro atoms. The van der Waals surface area contributed by atoms with Gasteiger partial charge in [0, 0.05) is 53.6 Å². The van der Waals surface area contributed by atoms with Gasteiger partial charge in [-0.05, 0) is 38.5 Å². The summed E-state index contributed by atoms with van der Waals surface area (Å²) in [6.45, 7) is 3.99. The van der Waals surface area contributed by atoms with E-state index >= 15 is 0 Å². The number of benzene rings is 1. The van der Waals surface area contributed by atoms with Crippen molar-refractivity contribution in [3.8, 4) is 16.3 Å². The number of hydrogen-bond donors (Lipinski definition) is 1. The first kappa shape index (κ1) is 25.5. The zero-order valence-electron chi connectivity index (χ0n) is 19.8. The van der Waals surface area contributed by atoms with Gasteiger partial charge in [-0.15, -0.1) is 11.3 Å². The number of amides is 2. The maximum atomic E-state index is 13.1. The predicted octanol–water partition coefficient (Wildman–Crippen LogP) is 4.42. The lowest BCUT2D eigenvalue weighted by Gasteiger charge is -2.30. The Morgan fingerprint density at radius 1 is 1.19 bits per heavy atom. The van der Waals surface area contributed by atoms with Crippen LogP contribution < -0.4 is 10.1 Å². The summed E-state index contributed by atoms with van der Waals surface area (Å²) in [6.07, 6.45) is -0.0863. The quantitative estimate of drug-likeness (QED) is 0.518. The molecule has 36 heavy (non-hydrogen) atoms. The van der Waals surface area contributed by atoms with Gasteiger partial charge in [0.1, 0.15) is 16.9 Å². The maximum absolute atomic E-state index is 13.1. The van der Waals surface area contributed by atoms with Gasteiger partial charge in [-0.2, -0.15) is 13.2 Å². The molecule has 1 aliphatic heterocycles. The van der Waals surface area contributed by atoms with Crippen molar-refractivity contribution >= 4 is 23.2 Å². The summed E-state index contributed by atoms with van der Waals surface area (Å²) < 4.78 is 44.4. The number of ether oxygens (including phenoxy) is 1. The Morgan fingerprint density at radius 3 is 2.53 bits per heavy atom. The molecule has 190 valence electrons. The van der Waals surface area contributed by atoms with E-state index in [4.69, 9.17) is 4.74 Å². The molecule has 1 unspecified atom stereocenters. The molecule has 1 fully saturated rings. The third-order valence-corrected chi connectivity index (χ3v) is 6.66. The number of aromatic nitrogens is 3. The molecule has 3 aromatic rings. The van der Waals surface area contributed by atoms with E-state index in [0.29, 0.717) is 46.8 Å². The smallest absolute Gasteiger partial charge is 0.451 e. The van der Waals surface area contributed by atoms with Crippen LogP contribution in [0.1, 0.15) is 52.4 Å². The van der Waals surface area contributed by atoms with Crippen LogP contribution in [0, 0.1) is 6.92 Å². The number of alkyl halides is 3. The number of rotatable bonds is 6. The number of thiazole rings is 1. The van der Waals surface area contributed by atoms with Crippen LogP contribution in [0.5, 0.6) is 5.75 Å². The summed E-state index contributed by atoms with van der Waals surface area (Å²) in [4.78, 5) is 38.7. The fourth-order valence-electron chi connectivity index (χ4n) is 3.74. The topological polar surface area (TPSA) is 97.3 Å². The second-order valence-electron chi connectivity index (χ2n) is 8.61. The average molecular weight is 520 g/mol. The number of hydrogen-bond acceptors (Lipinski definition) is 7. The molecule has 2 amide bonds. The Hall–Kier alpha value is -3.54. The van der Waals surface area contributed by atoms with E-state index in [2.05, 4.69) is 20.3 Å². The second-order valence-corrected chi connectivity index (χ2v) is 9.84. The maximum Gasteiger partial charge on any atom is 0.451 e. The highest BCUT2D eigenvalue weighted by atomic mass is 32.1. The molecule has 3 heterocycles. The highest BCUT2D eigenvalue weighted by Crippen LogP contribution is 2.31. The molecule has 2 atom stereocenters. The van der Waals surface area contributed by atoms with E-state index in [1.165, 1.54) is 11.3 Å². The summed E-state index contributed by atoms with van der Waals surface area (Å²) in [6, 6.07) is 4.45. The van der Waals surface area contributed by atoms with Gasteiger partial charge >= 0.3 is 6.18 Å². The lowest BCUT2D eigenvalue weighted by atomic mass is 10.1. The van der Waals surface area contributed by atoms with Crippen molar-refractivity contribution in [3.05, 3.63) is 58.6 Å². The van der Waals surface area contributed by atoms with Crippen molar-refractivity contribution in [2.45, 2.75) is 45.0 Å². The van der Waals surface area contributed by atoms with E-state index in [0.717, 1.165) is 17.3 Å². The molecule has 12 heteroatoms. The van der Waals surface area contributed by atoms with Gasteiger partial charge in [0.15, 0.2) is 0 Å². The van der Waals surface area contributed by atoms with Crippen molar-refractivity contribution in [3.63, 3.8) is 0 Å². The lowest BCUT2D eigenvalue weighted by molar-refractivity contribution is -0.145. The van der Waals surface area contributed by atoms with Crippen LogP contribution in [0.2, 0.25) is 0 Å². The van der Waals surface area contributed by atoms with Gasteiger partial charge < -0.3 is 15.0 Å². The number of likely N-dealkylation sites (N-methyl/N-ethyl adjacent to an activating group) is 1. The first-order valence-corrected chi connectivity index (χ1v) is 12.0. The zero-order chi connectivity index (χ0) is 26.0. The molecule has 8 nitrogen and oxygen atoms in total. The summed E-state index contributed by atoms with van der Waals surface area (Å²) in [5, 5.41) is 3.49. The Bertz CT molecular complexity index is 1260. The summed E-state index contributed by atoms with van der Waals surface area (Å²) in [5.74, 6) is -1.17. The first-order chi connectivity index (χ1) is 17.0. The Labute approximate surface area is 209 Å². The minimum absolute atomic E-state index is 0.0585. The number of halogens is 3. The van der Waals surface area contributed by atoms with Crippen LogP contribution in [0.15, 0.2) is 36.8 Å². The molecule has 1 aromatic carbocycles. The summed E-state index contributed by atoms with van der Waals surface area (Å²) in [5.41, 5.74) is 1.33. The largest absolute Gasteiger partial charge is 0.489 e. The fraction of sp³-hybridized carbons (Fsp3) is 0.375. The minimum atomic E-state index is -4.64. The van der Waals surface area contributed by atoms with Crippen molar-refractivity contribution in [2.24, 2.45) is 0 Å². The molecule has 1 saturated heterocycles. The molecule has 0 radical (unpaired) electrons. The van der Waals surface area contributed by atoms with Crippen LogP contribution in [-0.2, 0) is 11.0 Å². The predicted molar refractivity (Wildman–Crippen MR) is 126 cm³/mol. The first-order valence-electron chi connectivity index (χ1n) is 11.2. The Kier molecular flexibility index (Phi) is 7.25. The molecule has 4 rings (SSSR count). The third-order valence-electron chi connectivity index (χ3n) is 5.70. The van der Waals surface area contributed by atoms with Crippen LogP contribution in [-0.4, -0.2) is 51.4 Å².